The number of hydrogen-bond acceptors (Lipinski definition) is 3. The van der Waals surface area contributed by atoms with Crippen LogP contribution in [0.4, 0.5) is 0 Å². The summed E-state index contributed by atoms with van der Waals surface area (Å²) in [6, 6.07) is 7.38. The number of carbonyl (C=O) groups is 2. The van der Waals surface area contributed by atoms with Gasteiger partial charge in [-0.15, -0.1) is 0 Å². The highest BCUT2D eigenvalue weighted by molar-refractivity contribution is 5.78. The predicted molar refractivity (Wildman–Crippen MR) is 74.2 cm³/mol. The second kappa shape index (κ2) is 7.56. The molecule has 0 aromatic heterocycles. The van der Waals surface area contributed by atoms with Gasteiger partial charge in [-0.25, -0.2) is 0 Å². The average Bonchev–Trinajstić information content (AvgIpc) is 2.37. The summed E-state index contributed by atoms with van der Waals surface area (Å²) in [5.41, 5.74) is 0.948. The van der Waals surface area contributed by atoms with Crippen LogP contribution in [0.5, 0.6) is 5.75 Å². The predicted octanol–water partition coefficient (Wildman–Crippen LogP) is 2.11. The summed E-state index contributed by atoms with van der Waals surface area (Å²) >= 11 is 0. The van der Waals surface area contributed by atoms with E-state index in [1.807, 2.05) is 26.0 Å². The Kier molecular flexibility index (Phi) is 6.06. The van der Waals surface area contributed by atoms with E-state index in [0.29, 0.717) is 12.2 Å². The maximum atomic E-state index is 11.5. The SMILES string of the molecule is CCC(C)NC(=O)COc1ccc(CC(C)=O)cc1. The number of Topliss-reactive ketones (excluding diaryl/α,β-unsaturated/α-hetero) is 1. The highest BCUT2D eigenvalue weighted by atomic mass is 16.5. The van der Waals surface area contributed by atoms with Crippen LogP contribution in [0.1, 0.15) is 32.8 Å². The van der Waals surface area contributed by atoms with Crippen molar-refractivity contribution in [2.24, 2.45) is 0 Å². The Labute approximate surface area is 114 Å². The summed E-state index contributed by atoms with van der Waals surface area (Å²) in [7, 11) is 0. The minimum absolute atomic E-state index is 0.0103. The quantitative estimate of drug-likeness (QED) is 0.819. The summed E-state index contributed by atoms with van der Waals surface area (Å²) in [5.74, 6) is 0.635. The average molecular weight is 263 g/mol. The second-order valence-electron chi connectivity index (χ2n) is 4.69. The highest BCUT2D eigenvalue weighted by Crippen LogP contribution is 2.12. The van der Waals surface area contributed by atoms with E-state index < -0.39 is 0 Å². The maximum Gasteiger partial charge on any atom is 0.258 e. The number of nitrogens with one attached hydrogen (secondary N) is 1. The third kappa shape index (κ3) is 6.04. The zero-order valence-electron chi connectivity index (χ0n) is 11.7. The van der Waals surface area contributed by atoms with Crippen LogP contribution in [0.25, 0.3) is 0 Å². The highest BCUT2D eigenvalue weighted by Gasteiger charge is 2.06. The lowest BCUT2D eigenvalue weighted by atomic mass is 10.1. The first-order valence-electron chi connectivity index (χ1n) is 6.51. The number of rotatable bonds is 7. The molecule has 4 heteroatoms. The lowest BCUT2D eigenvalue weighted by Crippen LogP contribution is -2.35. The van der Waals surface area contributed by atoms with Crippen LogP contribution in [0, 0.1) is 0 Å². The van der Waals surface area contributed by atoms with E-state index in [1.54, 1.807) is 19.1 Å². The largest absolute Gasteiger partial charge is 0.484 e. The number of benzene rings is 1. The summed E-state index contributed by atoms with van der Waals surface area (Å²) in [6.45, 7) is 5.54. The summed E-state index contributed by atoms with van der Waals surface area (Å²) in [5, 5.41) is 2.83. The van der Waals surface area contributed by atoms with Gasteiger partial charge in [0.05, 0.1) is 0 Å². The number of ether oxygens (including phenoxy) is 1. The monoisotopic (exact) mass is 263 g/mol. The van der Waals surface area contributed by atoms with Gasteiger partial charge < -0.3 is 10.1 Å². The van der Waals surface area contributed by atoms with Crippen molar-refractivity contribution in [1.82, 2.24) is 5.32 Å². The number of ketones is 1. The van der Waals surface area contributed by atoms with E-state index in [9.17, 15) is 9.59 Å². The third-order valence-electron chi connectivity index (χ3n) is 2.77. The van der Waals surface area contributed by atoms with E-state index in [1.165, 1.54) is 0 Å². The standard InChI is InChI=1S/C15H21NO3/c1-4-11(2)16-15(18)10-19-14-7-5-13(6-8-14)9-12(3)17/h5-8,11H,4,9-10H2,1-3H3,(H,16,18). The van der Waals surface area contributed by atoms with Gasteiger partial charge in [0.1, 0.15) is 11.5 Å². The molecule has 0 saturated carbocycles. The molecule has 1 aromatic carbocycles. The Balaban J connectivity index is 2.41. The van der Waals surface area contributed by atoms with Gasteiger partial charge in [-0.05, 0) is 38.0 Å². The van der Waals surface area contributed by atoms with Crippen LogP contribution in [-0.4, -0.2) is 24.3 Å². The number of carbonyl (C=O) groups excluding carboxylic acids is 2. The van der Waals surface area contributed by atoms with Gasteiger partial charge in [0.15, 0.2) is 6.61 Å². The van der Waals surface area contributed by atoms with E-state index in [2.05, 4.69) is 5.32 Å². The molecule has 4 nitrogen and oxygen atoms in total. The molecule has 1 amide bonds. The fraction of sp³-hybridized carbons (Fsp3) is 0.467. The van der Waals surface area contributed by atoms with E-state index in [0.717, 1.165) is 12.0 Å². The molecular formula is C15H21NO3. The number of amides is 1. The van der Waals surface area contributed by atoms with Crippen LogP contribution in [0.15, 0.2) is 24.3 Å². The van der Waals surface area contributed by atoms with Crippen molar-refractivity contribution in [3.63, 3.8) is 0 Å². The van der Waals surface area contributed by atoms with Crippen LogP contribution in [0.2, 0.25) is 0 Å². The lowest BCUT2D eigenvalue weighted by molar-refractivity contribution is -0.123. The van der Waals surface area contributed by atoms with Crippen LogP contribution < -0.4 is 10.1 Å². The van der Waals surface area contributed by atoms with Gasteiger partial charge in [-0.3, -0.25) is 9.59 Å². The van der Waals surface area contributed by atoms with Crippen molar-refractivity contribution >= 4 is 11.7 Å². The molecule has 0 aliphatic heterocycles. The van der Waals surface area contributed by atoms with E-state index in [-0.39, 0.29) is 24.3 Å². The second-order valence-corrected chi connectivity index (χ2v) is 4.69. The maximum absolute atomic E-state index is 11.5. The molecule has 0 aliphatic rings. The molecule has 1 N–H and O–H groups in total. The molecular weight excluding hydrogens is 242 g/mol. The fourth-order valence-electron chi connectivity index (χ4n) is 1.56. The zero-order valence-corrected chi connectivity index (χ0v) is 11.7. The van der Waals surface area contributed by atoms with Gasteiger partial charge in [-0.2, -0.15) is 0 Å². The molecule has 0 saturated heterocycles. The molecule has 104 valence electrons. The smallest absolute Gasteiger partial charge is 0.258 e. The Bertz CT molecular complexity index is 426. The first-order valence-corrected chi connectivity index (χ1v) is 6.51. The van der Waals surface area contributed by atoms with Crippen LogP contribution in [0.3, 0.4) is 0 Å². The topological polar surface area (TPSA) is 55.4 Å². The van der Waals surface area contributed by atoms with E-state index >= 15 is 0 Å². The Morgan fingerprint density at radius 3 is 2.42 bits per heavy atom. The van der Waals surface area contributed by atoms with E-state index in [4.69, 9.17) is 4.74 Å². The molecule has 0 fully saturated rings. The molecule has 1 rings (SSSR count). The lowest BCUT2D eigenvalue weighted by Gasteiger charge is -2.12. The third-order valence-corrected chi connectivity index (χ3v) is 2.77. The summed E-state index contributed by atoms with van der Waals surface area (Å²) in [6.07, 6.45) is 1.32. The van der Waals surface area contributed by atoms with Gasteiger partial charge >= 0.3 is 0 Å². The normalized spacial score (nSPS) is 11.7. The molecule has 1 unspecified atom stereocenters. The minimum atomic E-state index is -0.123. The van der Waals surface area contributed by atoms with Gasteiger partial charge in [-0.1, -0.05) is 19.1 Å². The van der Waals surface area contributed by atoms with Crippen molar-refractivity contribution in [3.8, 4) is 5.75 Å². The molecule has 1 aromatic rings. The molecule has 1 atom stereocenters. The minimum Gasteiger partial charge on any atom is -0.484 e. The van der Waals surface area contributed by atoms with Crippen molar-refractivity contribution in [3.05, 3.63) is 29.8 Å². The van der Waals surface area contributed by atoms with Gasteiger partial charge in [0.2, 0.25) is 0 Å². The van der Waals surface area contributed by atoms with Gasteiger partial charge in [0.25, 0.3) is 5.91 Å². The molecule has 19 heavy (non-hydrogen) atoms. The van der Waals surface area contributed by atoms with Gasteiger partial charge in [0, 0.05) is 12.5 Å². The van der Waals surface area contributed by atoms with Crippen molar-refractivity contribution in [1.29, 1.82) is 0 Å². The molecule has 0 aliphatic carbocycles. The zero-order chi connectivity index (χ0) is 14.3. The Morgan fingerprint density at radius 2 is 1.89 bits per heavy atom. The van der Waals surface area contributed by atoms with Crippen molar-refractivity contribution < 1.29 is 14.3 Å². The van der Waals surface area contributed by atoms with Crippen LogP contribution >= 0.6 is 0 Å². The fourth-order valence-corrected chi connectivity index (χ4v) is 1.56. The van der Waals surface area contributed by atoms with Crippen molar-refractivity contribution in [2.75, 3.05) is 6.61 Å². The van der Waals surface area contributed by atoms with Crippen LogP contribution in [-0.2, 0) is 16.0 Å². The molecule has 0 radical (unpaired) electrons. The first kappa shape index (κ1) is 15.2. The summed E-state index contributed by atoms with van der Waals surface area (Å²) < 4.78 is 5.38. The molecule has 0 spiro atoms. The molecule has 0 bridgehead atoms. The first-order chi connectivity index (χ1) is 9.01. The number of hydrogen-bond donors (Lipinski definition) is 1. The summed E-state index contributed by atoms with van der Waals surface area (Å²) in [4.78, 5) is 22.5. The Morgan fingerprint density at radius 1 is 1.26 bits per heavy atom. The molecule has 0 heterocycles. The van der Waals surface area contributed by atoms with Crippen molar-refractivity contribution in [2.45, 2.75) is 39.7 Å². The Hall–Kier alpha value is -1.84.